The van der Waals surface area contributed by atoms with Crippen LogP contribution < -0.4 is 10.6 Å². The maximum Gasteiger partial charge on any atom is 0.191 e. The van der Waals surface area contributed by atoms with Crippen LogP contribution in [0.2, 0.25) is 0 Å². The summed E-state index contributed by atoms with van der Waals surface area (Å²) in [5, 5.41) is 8.50. The second-order valence-electron chi connectivity index (χ2n) is 7.19. The van der Waals surface area contributed by atoms with E-state index in [-0.39, 0.29) is 0 Å². The van der Waals surface area contributed by atoms with Crippen LogP contribution in [0.4, 0.5) is 0 Å². The van der Waals surface area contributed by atoms with Crippen LogP contribution in [0, 0.1) is 0 Å². The van der Waals surface area contributed by atoms with Gasteiger partial charge in [-0.05, 0) is 43.7 Å². The van der Waals surface area contributed by atoms with Crippen LogP contribution in [0.3, 0.4) is 0 Å². The van der Waals surface area contributed by atoms with Gasteiger partial charge in [0.1, 0.15) is 0 Å². The number of hydrogen-bond donors (Lipinski definition) is 3. The molecular weight excluding hydrogens is 356 g/mol. The summed E-state index contributed by atoms with van der Waals surface area (Å²) >= 11 is 0. The number of aliphatic imine (C=N–C) groups is 1. The van der Waals surface area contributed by atoms with E-state index in [1.54, 1.807) is 0 Å². The second-order valence-corrected chi connectivity index (χ2v) is 9.20. The van der Waals surface area contributed by atoms with Gasteiger partial charge in [-0.25, -0.2) is 0 Å². The molecule has 0 radical (unpaired) electrons. The van der Waals surface area contributed by atoms with E-state index in [0.29, 0.717) is 11.3 Å². The van der Waals surface area contributed by atoms with E-state index in [0.717, 1.165) is 56.9 Å². The monoisotopic (exact) mass is 388 g/mol. The Hall–Kier alpha value is -1.82. The number of rotatable bonds is 7. The minimum atomic E-state index is -0.695. The molecule has 3 N–H and O–H groups in total. The fourth-order valence-electron chi connectivity index (χ4n) is 3.82. The SMILES string of the molecule is CCNC(=NCCc1cc2ccccc2[nH]1)NC1CCCC(S(=O)CC)C1. The molecule has 1 heterocycles. The van der Waals surface area contributed by atoms with E-state index in [2.05, 4.69) is 52.9 Å². The molecule has 6 heteroatoms. The van der Waals surface area contributed by atoms with Crippen LogP contribution in [0.1, 0.15) is 45.2 Å². The molecule has 1 aliphatic rings. The molecule has 0 amide bonds. The average Bonchev–Trinajstić information content (AvgIpc) is 3.10. The normalized spacial score (nSPS) is 21.9. The van der Waals surface area contributed by atoms with Crippen molar-refractivity contribution in [3.8, 4) is 0 Å². The Labute approximate surface area is 164 Å². The molecule has 2 aromatic rings. The molecule has 1 aromatic heterocycles. The number of H-pyrrole nitrogens is 1. The van der Waals surface area contributed by atoms with Gasteiger partial charge in [-0.3, -0.25) is 9.20 Å². The Morgan fingerprint density at radius 2 is 2.15 bits per heavy atom. The summed E-state index contributed by atoms with van der Waals surface area (Å²) in [6.45, 7) is 5.68. The quantitative estimate of drug-likeness (QED) is 0.503. The first-order valence-corrected chi connectivity index (χ1v) is 11.6. The van der Waals surface area contributed by atoms with Crippen molar-refractivity contribution in [1.29, 1.82) is 0 Å². The summed E-state index contributed by atoms with van der Waals surface area (Å²) in [5.41, 5.74) is 2.39. The fourth-order valence-corrected chi connectivity index (χ4v) is 5.17. The third-order valence-corrected chi connectivity index (χ3v) is 6.95. The number of nitrogens with zero attached hydrogens (tertiary/aromatic N) is 1. The van der Waals surface area contributed by atoms with Gasteiger partial charge in [-0.1, -0.05) is 31.5 Å². The molecule has 0 bridgehead atoms. The number of hydrogen-bond acceptors (Lipinski definition) is 2. The molecule has 0 spiro atoms. The van der Waals surface area contributed by atoms with E-state index in [9.17, 15) is 4.21 Å². The molecule has 1 saturated carbocycles. The van der Waals surface area contributed by atoms with Crippen molar-refractivity contribution < 1.29 is 4.21 Å². The second kappa shape index (κ2) is 9.93. The van der Waals surface area contributed by atoms with Gasteiger partial charge in [-0.2, -0.15) is 0 Å². The predicted octanol–water partition coefficient (Wildman–Crippen LogP) is 3.35. The zero-order valence-electron chi connectivity index (χ0n) is 16.5. The number of benzene rings is 1. The lowest BCUT2D eigenvalue weighted by atomic mass is 9.95. The Morgan fingerprint density at radius 1 is 1.30 bits per heavy atom. The van der Waals surface area contributed by atoms with Gasteiger partial charge in [0.05, 0.1) is 0 Å². The van der Waals surface area contributed by atoms with Gasteiger partial charge in [-0.15, -0.1) is 0 Å². The lowest BCUT2D eigenvalue weighted by molar-refractivity contribution is 0.413. The molecule has 0 saturated heterocycles. The Bertz CT molecular complexity index is 752. The molecule has 27 heavy (non-hydrogen) atoms. The lowest BCUT2D eigenvalue weighted by Gasteiger charge is -2.30. The van der Waals surface area contributed by atoms with Crippen molar-refractivity contribution in [3.05, 3.63) is 36.0 Å². The smallest absolute Gasteiger partial charge is 0.191 e. The van der Waals surface area contributed by atoms with Crippen molar-refractivity contribution in [3.63, 3.8) is 0 Å². The van der Waals surface area contributed by atoms with Crippen LogP contribution in [-0.2, 0) is 17.2 Å². The summed E-state index contributed by atoms with van der Waals surface area (Å²) in [4.78, 5) is 8.23. The van der Waals surface area contributed by atoms with Crippen LogP contribution in [0.5, 0.6) is 0 Å². The van der Waals surface area contributed by atoms with E-state index >= 15 is 0 Å². The highest BCUT2D eigenvalue weighted by atomic mass is 32.2. The van der Waals surface area contributed by atoms with Gasteiger partial charge in [0.15, 0.2) is 5.96 Å². The minimum Gasteiger partial charge on any atom is -0.358 e. The highest BCUT2D eigenvalue weighted by Gasteiger charge is 2.25. The van der Waals surface area contributed by atoms with Gasteiger partial charge >= 0.3 is 0 Å². The molecule has 0 aliphatic heterocycles. The molecule has 1 fully saturated rings. The number of para-hydroxylation sites is 1. The third kappa shape index (κ3) is 5.58. The highest BCUT2D eigenvalue weighted by molar-refractivity contribution is 7.85. The summed E-state index contributed by atoms with van der Waals surface area (Å²) < 4.78 is 12.2. The van der Waals surface area contributed by atoms with E-state index in [4.69, 9.17) is 4.99 Å². The Balaban J connectivity index is 1.56. The molecule has 1 aromatic carbocycles. The van der Waals surface area contributed by atoms with Crippen molar-refractivity contribution in [2.24, 2.45) is 4.99 Å². The summed E-state index contributed by atoms with van der Waals surface area (Å²) in [6.07, 6.45) is 5.23. The maximum absolute atomic E-state index is 12.2. The van der Waals surface area contributed by atoms with Crippen LogP contribution in [0.25, 0.3) is 10.9 Å². The molecule has 5 nitrogen and oxygen atoms in total. The zero-order valence-corrected chi connectivity index (χ0v) is 17.3. The summed E-state index contributed by atoms with van der Waals surface area (Å²) in [6, 6.07) is 10.9. The molecule has 3 unspecified atom stereocenters. The zero-order chi connectivity index (χ0) is 19.1. The molecule has 1 aliphatic carbocycles. The fraction of sp³-hybridized carbons (Fsp3) is 0.571. The van der Waals surface area contributed by atoms with E-state index in [1.807, 2.05) is 6.92 Å². The minimum absolute atomic E-state index is 0.329. The average molecular weight is 389 g/mol. The topological polar surface area (TPSA) is 69.3 Å². The van der Waals surface area contributed by atoms with Gasteiger partial charge < -0.3 is 15.6 Å². The van der Waals surface area contributed by atoms with Crippen molar-refractivity contribution >= 4 is 27.7 Å². The lowest BCUT2D eigenvalue weighted by Crippen LogP contribution is -2.46. The van der Waals surface area contributed by atoms with Crippen molar-refractivity contribution in [1.82, 2.24) is 15.6 Å². The predicted molar refractivity (Wildman–Crippen MR) is 116 cm³/mol. The molecular formula is C21H32N4OS. The highest BCUT2D eigenvalue weighted by Crippen LogP contribution is 2.23. The number of guanidine groups is 1. The first-order chi connectivity index (χ1) is 13.2. The first-order valence-electron chi connectivity index (χ1n) is 10.2. The van der Waals surface area contributed by atoms with E-state index < -0.39 is 10.8 Å². The van der Waals surface area contributed by atoms with Crippen LogP contribution >= 0.6 is 0 Å². The number of fused-ring (bicyclic) bond motifs is 1. The number of aromatic nitrogens is 1. The number of aromatic amines is 1. The van der Waals surface area contributed by atoms with Gasteiger partial charge in [0.25, 0.3) is 0 Å². The standard InChI is InChI=1S/C21H32N4OS/c1-3-22-21(25-17-9-7-10-19(15-17)27(26)4-2)23-13-12-18-14-16-8-5-6-11-20(16)24-18/h5-6,8,11,14,17,19,24H,3-4,7,9-10,12-13,15H2,1-2H3,(H2,22,23,25). The van der Waals surface area contributed by atoms with Crippen LogP contribution in [-0.4, -0.2) is 45.3 Å². The Kier molecular flexibility index (Phi) is 7.33. The maximum atomic E-state index is 12.2. The third-order valence-electron chi connectivity index (χ3n) is 5.20. The number of nitrogens with one attached hydrogen (secondary N) is 3. The van der Waals surface area contributed by atoms with Crippen LogP contribution in [0.15, 0.2) is 35.3 Å². The van der Waals surface area contributed by atoms with Gasteiger partial charge in [0, 0.05) is 58.6 Å². The molecule has 3 rings (SSSR count). The largest absolute Gasteiger partial charge is 0.358 e. The molecule has 3 atom stereocenters. The molecule has 148 valence electrons. The summed E-state index contributed by atoms with van der Waals surface area (Å²) in [5.74, 6) is 1.64. The summed E-state index contributed by atoms with van der Waals surface area (Å²) in [7, 11) is -0.695. The Morgan fingerprint density at radius 3 is 2.93 bits per heavy atom. The van der Waals surface area contributed by atoms with Gasteiger partial charge in [0.2, 0.25) is 0 Å². The first kappa shape index (κ1) is 19.9. The van der Waals surface area contributed by atoms with E-state index in [1.165, 1.54) is 16.6 Å². The van der Waals surface area contributed by atoms with Crippen molar-refractivity contribution in [2.45, 2.75) is 57.2 Å². The van der Waals surface area contributed by atoms with Crippen molar-refractivity contribution in [2.75, 3.05) is 18.8 Å².